The fourth-order valence-corrected chi connectivity index (χ4v) is 4.13. The smallest absolute Gasteiger partial charge is 0.335 e. The highest BCUT2D eigenvalue weighted by Gasteiger charge is 2.55. The molecular formula is C26H23NO6. The maximum atomic E-state index is 12.4. The third-order valence-corrected chi connectivity index (χ3v) is 5.92. The van der Waals surface area contributed by atoms with Crippen molar-refractivity contribution in [1.29, 1.82) is 0 Å². The van der Waals surface area contributed by atoms with Gasteiger partial charge in [0.05, 0.1) is 19.1 Å². The average Bonchev–Trinajstić information content (AvgIpc) is 3.59. The predicted octanol–water partition coefficient (Wildman–Crippen LogP) is 5.08. The topological polar surface area (TPSA) is 87.9 Å². The molecule has 1 aliphatic carbocycles. The molecule has 0 aromatic heterocycles. The molecule has 0 radical (unpaired) electrons. The molecule has 168 valence electrons. The summed E-state index contributed by atoms with van der Waals surface area (Å²) < 4.78 is 16.1. The molecule has 0 N–H and O–H groups in total. The summed E-state index contributed by atoms with van der Waals surface area (Å²) in [6, 6.07) is 21.3. The monoisotopic (exact) mass is 445 g/mol. The molecule has 4 rings (SSSR count). The van der Waals surface area contributed by atoms with Crippen LogP contribution in [0.4, 0.5) is 5.69 Å². The molecule has 0 bridgehead atoms. The number of benzene rings is 3. The van der Waals surface area contributed by atoms with Gasteiger partial charge in [0.1, 0.15) is 17.2 Å². The van der Waals surface area contributed by atoms with Crippen molar-refractivity contribution in [2.75, 3.05) is 14.2 Å². The molecule has 1 saturated carbocycles. The number of hydrogen-bond donors (Lipinski definition) is 0. The van der Waals surface area contributed by atoms with Crippen molar-refractivity contribution in [3.8, 4) is 17.2 Å². The Balaban J connectivity index is 1.56. The standard InChI is InChI=1S/C26H23NO6/c1-31-23-7-3-5-18(15-23)26(19-6-4-8-24(16-19)32-2)17-20(26)9-14-25(28)33-22-12-10-21(11-13-22)27(29)30/h3-16,20H,17H2,1-2H3/b14-9+/t20-/m1/s1. The van der Waals surface area contributed by atoms with E-state index in [0.717, 1.165) is 29.0 Å². The maximum absolute atomic E-state index is 12.4. The lowest BCUT2D eigenvalue weighted by Crippen LogP contribution is -2.12. The molecule has 0 unspecified atom stereocenters. The Bertz CT molecular complexity index is 1150. The van der Waals surface area contributed by atoms with Gasteiger partial charge in [0, 0.05) is 23.6 Å². The Morgan fingerprint density at radius 3 is 2.03 bits per heavy atom. The summed E-state index contributed by atoms with van der Waals surface area (Å²) in [5, 5.41) is 10.8. The number of ether oxygens (including phenoxy) is 3. The number of non-ortho nitro benzene ring substituents is 1. The second-order valence-electron chi connectivity index (χ2n) is 7.78. The van der Waals surface area contributed by atoms with Crippen molar-refractivity contribution >= 4 is 11.7 Å². The van der Waals surface area contributed by atoms with Gasteiger partial charge in [0.2, 0.25) is 0 Å². The van der Waals surface area contributed by atoms with Gasteiger partial charge < -0.3 is 14.2 Å². The van der Waals surface area contributed by atoms with Crippen molar-refractivity contribution in [3.05, 3.63) is 106 Å². The van der Waals surface area contributed by atoms with Crippen LogP contribution in [-0.4, -0.2) is 25.1 Å². The SMILES string of the molecule is COc1cccc(C2(c3cccc(OC)c3)C[C@H]2/C=C/C(=O)Oc2ccc([N+](=O)[O-])cc2)c1. The van der Waals surface area contributed by atoms with Gasteiger partial charge in [-0.15, -0.1) is 0 Å². The number of rotatable bonds is 8. The van der Waals surface area contributed by atoms with Gasteiger partial charge in [-0.05, 0) is 59.9 Å². The number of nitro groups is 1. The predicted molar refractivity (Wildman–Crippen MR) is 123 cm³/mol. The van der Waals surface area contributed by atoms with Crippen LogP contribution in [-0.2, 0) is 10.2 Å². The van der Waals surface area contributed by atoms with Crippen molar-refractivity contribution in [3.63, 3.8) is 0 Å². The highest BCUT2D eigenvalue weighted by molar-refractivity contribution is 5.84. The van der Waals surface area contributed by atoms with E-state index in [-0.39, 0.29) is 22.8 Å². The number of allylic oxidation sites excluding steroid dienone is 1. The number of carbonyl (C=O) groups is 1. The zero-order valence-electron chi connectivity index (χ0n) is 18.3. The van der Waals surface area contributed by atoms with E-state index < -0.39 is 10.9 Å². The zero-order chi connectivity index (χ0) is 23.4. The second kappa shape index (κ2) is 9.16. The number of nitro benzene ring substituents is 1. The van der Waals surface area contributed by atoms with Gasteiger partial charge in [0.15, 0.2) is 0 Å². The largest absolute Gasteiger partial charge is 0.497 e. The van der Waals surface area contributed by atoms with Gasteiger partial charge >= 0.3 is 5.97 Å². The highest BCUT2D eigenvalue weighted by atomic mass is 16.6. The van der Waals surface area contributed by atoms with Crippen LogP contribution in [0.3, 0.4) is 0 Å². The number of methoxy groups -OCH3 is 2. The summed E-state index contributed by atoms with van der Waals surface area (Å²) in [4.78, 5) is 22.6. The van der Waals surface area contributed by atoms with E-state index in [2.05, 4.69) is 12.1 Å². The molecule has 0 aliphatic heterocycles. The third kappa shape index (κ3) is 4.57. The van der Waals surface area contributed by atoms with Gasteiger partial charge in [-0.25, -0.2) is 4.79 Å². The number of nitrogens with zero attached hydrogens (tertiary/aromatic N) is 1. The Morgan fingerprint density at radius 1 is 0.939 bits per heavy atom. The molecule has 7 heteroatoms. The van der Waals surface area contributed by atoms with Crippen LogP contribution in [0.2, 0.25) is 0 Å². The molecule has 0 saturated heterocycles. The Morgan fingerprint density at radius 2 is 1.52 bits per heavy atom. The van der Waals surface area contributed by atoms with Gasteiger partial charge in [-0.1, -0.05) is 30.3 Å². The van der Waals surface area contributed by atoms with Crippen molar-refractivity contribution in [1.82, 2.24) is 0 Å². The molecule has 33 heavy (non-hydrogen) atoms. The van der Waals surface area contributed by atoms with E-state index in [4.69, 9.17) is 14.2 Å². The fraction of sp³-hybridized carbons (Fsp3) is 0.192. The van der Waals surface area contributed by atoms with E-state index in [1.165, 1.54) is 30.3 Å². The Kier molecular flexibility index (Phi) is 6.13. The van der Waals surface area contributed by atoms with Crippen molar-refractivity contribution in [2.24, 2.45) is 5.92 Å². The van der Waals surface area contributed by atoms with Crippen LogP contribution in [0.1, 0.15) is 17.5 Å². The molecule has 0 spiro atoms. The van der Waals surface area contributed by atoms with Crippen molar-refractivity contribution < 1.29 is 23.9 Å². The normalized spacial score (nSPS) is 16.2. The minimum Gasteiger partial charge on any atom is -0.497 e. The van der Waals surface area contributed by atoms with Gasteiger partial charge in [-0.3, -0.25) is 10.1 Å². The molecule has 7 nitrogen and oxygen atoms in total. The summed E-state index contributed by atoms with van der Waals surface area (Å²) in [5.41, 5.74) is 1.80. The van der Waals surface area contributed by atoms with Gasteiger partial charge in [-0.2, -0.15) is 0 Å². The number of hydrogen-bond acceptors (Lipinski definition) is 6. The quantitative estimate of drug-likeness (QED) is 0.158. The van der Waals surface area contributed by atoms with Crippen LogP contribution in [0, 0.1) is 16.0 Å². The van der Waals surface area contributed by atoms with Crippen LogP contribution in [0.15, 0.2) is 84.9 Å². The van der Waals surface area contributed by atoms with E-state index in [0.29, 0.717) is 0 Å². The summed E-state index contributed by atoms with van der Waals surface area (Å²) in [6.45, 7) is 0. The van der Waals surface area contributed by atoms with Crippen molar-refractivity contribution in [2.45, 2.75) is 11.8 Å². The molecule has 0 heterocycles. The zero-order valence-corrected chi connectivity index (χ0v) is 18.3. The molecular weight excluding hydrogens is 422 g/mol. The maximum Gasteiger partial charge on any atom is 0.335 e. The first-order chi connectivity index (χ1) is 16.0. The molecule has 0 amide bonds. The van der Waals surface area contributed by atoms with Crippen LogP contribution < -0.4 is 14.2 Å². The van der Waals surface area contributed by atoms with E-state index in [1.54, 1.807) is 14.2 Å². The molecule has 1 atom stereocenters. The fourth-order valence-electron chi connectivity index (χ4n) is 4.13. The lowest BCUT2D eigenvalue weighted by Gasteiger charge is -2.19. The van der Waals surface area contributed by atoms with Gasteiger partial charge in [0.25, 0.3) is 5.69 Å². The summed E-state index contributed by atoms with van der Waals surface area (Å²) in [5.74, 6) is 1.31. The van der Waals surface area contributed by atoms with E-state index in [1.807, 2.05) is 42.5 Å². The minimum absolute atomic E-state index is 0.0651. The first kappa shape index (κ1) is 22.1. The summed E-state index contributed by atoms with van der Waals surface area (Å²) >= 11 is 0. The lowest BCUT2D eigenvalue weighted by atomic mass is 9.85. The van der Waals surface area contributed by atoms with E-state index in [9.17, 15) is 14.9 Å². The summed E-state index contributed by atoms with van der Waals surface area (Å²) in [7, 11) is 3.27. The molecule has 1 fully saturated rings. The second-order valence-corrected chi connectivity index (χ2v) is 7.78. The first-order valence-corrected chi connectivity index (χ1v) is 10.4. The Labute approximate surface area is 191 Å². The number of carbonyl (C=O) groups excluding carboxylic acids is 1. The molecule has 1 aliphatic rings. The lowest BCUT2D eigenvalue weighted by molar-refractivity contribution is -0.384. The highest BCUT2D eigenvalue weighted by Crippen LogP contribution is 2.60. The number of esters is 1. The minimum atomic E-state index is -0.541. The van der Waals surface area contributed by atoms with Crippen LogP contribution in [0.5, 0.6) is 17.2 Å². The molecule has 3 aromatic carbocycles. The van der Waals surface area contributed by atoms with Crippen LogP contribution >= 0.6 is 0 Å². The summed E-state index contributed by atoms with van der Waals surface area (Å²) in [6.07, 6.45) is 4.08. The van der Waals surface area contributed by atoms with E-state index >= 15 is 0 Å². The van der Waals surface area contributed by atoms with Crippen LogP contribution in [0.25, 0.3) is 0 Å². The average molecular weight is 445 g/mol. The first-order valence-electron chi connectivity index (χ1n) is 10.4. The molecule has 3 aromatic rings. The Hall–Kier alpha value is -4.13. The third-order valence-electron chi connectivity index (χ3n) is 5.92.